The fourth-order valence-electron chi connectivity index (χ4n) is 2.52. The van der Waals surface area contributed by atoms with Gasteiger partial charge in [-0.2, -0.15) is 0 Å². The summed E-state index contributed by atoms with van der Waals surface area (Å²) in [5.41, 5.74) is 1.10. The van der Waals surface area contributed by atoms with E-state index in [1.165, 1.54) is 12.1 Å². The minimum absolute atomic E-state index is 0.0937. The van der Waals surface area contributed by atoms with E-state index in [2.05, 4.69) is 63.7 Å². The van der Waals surface area contributed by atoms with Gasteiger partial charge < -0.3 is 4.74 Å². The molecule has 0 aliphatic carbocycles. The van der Waals surface area contributed by atoms with Gasteiger partial charge in [0.05, 0.1) is 22.7 Å². The average molecular weight is 762 g/mol. The summed E-state index contributed by atoms with van der Waals surface area (Å²) < 4.78 is 56.4. The van der Waals surface area contributed by atoms with Crippen LogP contribution in [0.4, 0.5) is 17.6 Å². The molecule has 0 bridgehead atoms. The molecule has 0 heterocycles. The first kappa shape index (κ1) is 31.5. The Morgan fingerprint density at radius 1 is 0.794 bits per heavy atom. The lowest BCUT2D eigenvalue weighted by Crippen LogP contribution is -2.15. The van der Waals surface area contributed by atoms with Gasteiger partial charge in [0, 0.05) is 16.1 Å². The van der Waals surface area contributed by atoms with Crippen LogP contribution in [0.2, 0.25) is 0 Å². The van der Waals surface area contributed by atoms with E-state index in [1.807, 2.05) is 0 Å². The number of ether oxygens (including phenoxy) is 1. The maximum absolute atomic E-state index is 13.1. The molecule has 0 spiro atoms. The zero-order valence-electron chi connectivity index (χ0n) is 17.5. The Morgan fingerprint density at radius 3 is 1.56 bits per heavy atom. The predicted octanol–water partition coefficient (Wildman–Crippen LogP) is 8.44. The minimum Gasteiger partial charge on any atom is -0.466 e. The van der Waals surface area contributed by atoms with Gasteiger partial charge in [-0.05, 0) is 53.9 Å². The Kier molecular flexibility index (Phi) is 14.5. The summed E-state index contributed by atoms with van der Waals surface area (Å²) in [6.45, 7) is 2.04. The standard InChI is InChI=1S/C12H12Br2F2O2.C10H7Br2ClF2O/c1-2-18-11(17)6-8(13)12(14)7-3-4-9(15)10(16)5-7;11-6(4-9(13)16)10(12)5-1-2-7(14)8(15)3-5/h3-5,8,12H,2,6H2,1H3;1-3,6,10H,4H2. The van der Waals surface area contributed by atoms with Crippen molar-refractivity contribution in [1.82, 2.24) is 0 Å². The molecular weight excluding hydrogens is 743 g/mol. The van der Waals surface area contributed by atoms with Crippen molar-refractivity contribution in [2.24, 2.45) is 0 Å². The Hall–Kier alpha value is -0.490. The number of alkyl halides is 4. The van der Waals surface area contributed by atoms with Crippen LogP contribution in [0.5, 0.6) is 0 Å². The quantitative estimate of drug-likeness (QED) is 0.112. The number of carbonyl (C=O) groups excluding carboxylic acids is 2. The zero-order valence-corrected chi connectivity index (χ0v) is 24.6. The van der Waals surface area contributed by atoms with Crippen LogP contribution >= 0.6 is 75.3 Å². The highest BCUT2D eigenvalue weighted by molar-refractivity contribution is 9.12. The molecule has 0 aliphatic heterocycles. The zero-order chi connectivity index (χ0) is 26.0. The summed E-state index contributed by atoms with van der Waals surface area (Å²) in [7, 11) is 0. The molecule has 0 fully saturated rings. The highest BCUT2D eigenvalue weighted by Gasteiger charge is 2.23. The van der Waals surface area contributed by atoms with Crippen LogP contribution in [0, 0.1) is 23.3 Å². The summed E-state index contributed by atoms with van der Waals surface area (Å²) in [6, 6.07) is 7.21. The van der Waals surface area contributed by atoms with Crippen molar-refractivity contribution in [2.75, 3.05) is 6.61 Å². The maximum Gasteiger partial charge on any atom is 0.306 e. The maximum atomic E-state index is 13.1. The van der Waals surface area contributed by atoms with E-state index in [4.69, 9.17) is 16.3 Å². The van der Waals surface area contributed by atoms with Gasteiger partial charge in [0.2, 0.25) is 5.24 Å². The molecule has 0 saturated carbocycles. The second kappa shape index (κ2) is 15.6. The highest BCUT2D eigenvalue weighted by atomic mass is 79.9. The topological polar surface area (TPSA) is 43.4 Å². The fourth-order valence-corrected chi connectivity index (χ4v) is 4.99. The Labute approximate surface area is 233 Å². The van der Waals surface area contributed by atoms with Crippen molar-refractivity contribution in [2.45, 2.75) is 39.1 Å². The van der Waals surface area contributed by atoms with Crippen LogP contribution in [-0.2, 0) is 14.3 Å². The second-order valence-electron chi connectivity index (χ2n) is 6.75. The molecular formula is C22H19Br4ClF4O3. The first-order chi connectivity index (χ1) is 15.9. The van der Waals surface area contributed by atoms with Crippen molar-refractivity contribution in [3.8, 4) is 0 Å². The normalized spacial score (nSPS) is 14.3. The third kappa shape index (κ3) is 10.6. The number of halogens is 9. The minimum atomic E-state index is -0.918. The van der Waals surface area contributed by atoms with Crippen LogP contribution in [0.1, 0.15) is 40.5 Å². The van der Waals surface area contributed by atoms with Crippen molar-refractivity contribution in [3.05, 3.63) is 70.8 Å². The lowest BCUT2D eigenvalue weighted by molar-refractivity contribution is -0.143. The molecule has 0 N–H and O–H groups in total. The van der Waals surface area contributed by atoms with Gasteiger partial charge in [-0.1, -0.05) is 75.9 Å². The number of carbonyl (C=O) groups is 2. The largest absolute Gasteiger partial charge is 0.466 e. The molecule has 2 rings (SSSR count). The lowest BCUT2D eigenvalue weighted by atomic mass is 10.1. The van der Waals surface area contributed by atoms with E-state index in [-0.39, 0.29) is 38.1 Å². The van der Waals surface area contributed by atoms with E-state index >= 15 is 0 Å². The van der Waals surface area contributed by atoms with Crippen LogP contribution < -0.4 is 0 Å². The molecule has 2 aromatic rings. The van der Waals surface area contributed by atoms with Gasteiger partial charge in [0.15, 0.2) is 23.3 Å². The SMILES string of the molecule is CCOC(=O)CC(Br)C(Br)c1ccc(F)c(F)c1.O=C(Cl)CC(Br)C(Br)c1ccc(F)c(F)c1. The average Bonchev–Trinajstić information content (AvgIpc) is 2.76. The Bertz CT molecular complexity index is 983. The number of hydrogen-bond acceptors (Lipinski definition) is 3. The van der Waals surface area contributed by atoms with Crippen molar-refractivity contribution in [3.63, 3.8) is 0 Å². The van der Waals surface area contributed by atoms with Gasteiger partial charge in [-0.15, -0.1) is 0 Å². The molecule has 4 unspecified atom stereocenters. The van der Waals surface area contributed by atoms with Crippen molar-refractivity contribution in [1.29, 1.82) is 0 Å². The number of hydrogen-bond donors (Lipinski definition) is 0. The molecule has 188 valence electrons. The van der Waals surface area contributed by atoms with E-state index in [1.54, 1.807) is 6.92 Å². The second-order valence-corrected chi connectivity index (χ2v) is 11.5. The fraction of sp³-hybridized carbons (Fsp3) is 0.364. The summed E-state index contributed by atoms with van der Waals surface area (Å²) in [6.07, 6.45) is 0.235. The van der Waals surface area contributed by atoms with Gasteiger partial charge in [-0.25, -0.2) is 17.6 Å². The monoisotopic (exact) mass is 758 g/mol. The van der Waals surface area contributed by atoms with Crippen LogP contribution in [0.3, 0.4) is 0 Å². The van der Waals surface area contributed by atoms with Gasteiger partial charge >= 0.3 is 5.97 Å². The Balaban J connectivity index is 0.000000342. The number of esters is 1. The van der Waals surface area contributed by atoms with Crippen LogP contribution in [-0.4, -0.2) is 27.5 Å². The highest BCUT2D eigenvalue weighted by Crippen LogP contribution is 2.35. The molecule has 3 nitrogen and oxygen atoms in total. The smallest absolute Gasteiger partial charge is 0.306 e. The van der Waals surface area contributed by atoms with Crippen molar-refractivity contribution >= 4 is 86.5 Å². The van der Waals surface area contributed by atoms with E-state index in [0.717, 1.165) is 24.3 Å². The third-order valence-corrected chi connectivity index (χ3v) is 9.79. The van der Waals surface area contributed by atoms with E-state index < -0.39 is 28.5 Å². The van der Waals surface area contributed by atoms with E-state index in [9.17, 15) is 27.2 Å². The number of benzene rings is 2. The summed E-state index contributed by atoms with van der Waals surface area (Å²) >= 11 is 18.5. The Morgan fingerprint density at radius 2 is 1.21 bits per heavy atom. The first-order valence-electron chi connectivity index (χ1n) is 9.67. The summed E-state index contributed by atoms with van der Waals surface area (Å²) in [5, 5.41) is -0.492. The van der Waals surface area contributed by atoms with Crippen LogP contribution in [0.25, 0.3) is 0 Å². The first-order valence-corrected chi connectivity index (χ1v) is 13.7. The van der Waals surface area contributed by atoms with Crippen molar-refractivity contribution < 1.29 is 31.9 Å². The van der Waals surface area contributed by atoms with Gasteiger partial charge in [0.25, 0.3) is 0 Å². The molecule has 34 heavy (non-hydrogen) atoms. The van der Waals surface area contributed by atoms with Crippen LogP contribution in [0.15, 0.2) is 36.4 Å². The van der Waals surface area contributed by atoms with E-state index in [0.29, 0.717) is 17.7 Å². The molecule has 0 saturated heterocycles. The number of rotatable bonds is 9. The molecule has 4 atom stereocenters. The molecule has 0 aromatic heterocycles. The van der Waals surface area contributed by atoms with Gasteiger partial charge in [-0.3, -0.25) is 9.59 Å². The molecule has 0 amide bonds. The third-order valence-electron chi connectivity index (χ3n) is 4.18. The molecule has 2 aromatic carbocycles. The summed E-state index contributed by atoms with van der Waals surface area (Å²) in [5.74, 6) is -3.96. The predicted molar refractivity (Wildman–Crippen MR) is 138 cm³/mol. The molecule has 0 aliphatic rings. The molecule has 0 radical (unpaired) electrons. The lowest BCUT2D eigenvalue weighted by Gasteiger charge is -2.16. The summed E-state index contributed by atoms with van der Waals surface area (Å²) in [4.78, 5) is 20.8. The molecule has 12 heteroatoms. The van der Waals surface area contributed by atoms with Gasteiger partial charge in [0.1, 0.15) is 0 Å².